The van der Waals surface area contributed by atoms with E-state index in [1.54, 1.807) is 12.3 Å². The number of hydrogen-bond acceptors (Lipinski definition) is 5. The van der Waals surface area contributed by atoms with Crippen LogP contribution in [0.2, 0.25) is 0 Å². The largest absolute Gasteiger partial charge is 0.354 e. The number of aromatic amines is 1. The van der Waals surface area contributed by atoms with Gasteiger partial charge in [0.25, 0.3) is 0 Å². The first-order valence-electron chi connectivity index (χ1n) is 7.55. The molecule has 6 nitrogen and oxygen atoms in total. The van der Waals surface area contributed by atoms with E-state index in [-0.39, 0.29) is 5.56 Å². The van der Waals surface area contributed by atoms with Crippen LogP contribution in [0, 0.1) is 0 Å². The SMILES string of the molecule is CCN(CC)CCCCNc1ncc2ccc(=O)[nH]c2n1. The standard InChI is InChI=1S/C15H23N5O/c1-3-20(4-2)10-6-5-9-16-15-17-11-12-7-8-13(21)18-14(12)19-15/h7-8,11H,3-6,9-10H2,1-2H3,(H2,16,17,18,19,21). The van der Waals surface area contributed by atoms with Crippen molar-refractivity contribution in [1.82, 2.24) is 19.9 Å². The zero-order valence-electron chi connectivity index (χ0n) is 12.7. The summed E-state index contributed by atoms with van der Waals surface area (Å²) >= 11 is 0. The molecule has 2 aromatic heterocycles. The molecular formula is C15H23N5O. The molecule has 2 N–H and O–H groups in total. The second kappa shape index (κ2) is 7.73. The van der Waals surface area contributed by atoms with Gasteiger partial charge in [0.1, 0.15) is 5.65 Å². The Balaban J connectivity index is 1.82. The van der Waals surface area contributed by atoms with Gasteiger partial charge in [-0.15, -0.1) is 0 Å². The van der Waals surface area contributed by atoms with Crippen LogP contribution in [0.5, 0.6) is 0 Å². The fraction of sp³-hybridized carbons (Fsp3) is 0.533. The maximum Gasteiger partial charge on any atom is 0.249 e. The van der Waals surface area contributed by atoms with E-state index in [2.05, 4.69) is 39.0 Å². The van der Waals surface area contributed by atoms with Crippen molar-refractivity contribution in [3.63, 3.8) is 0 Å². The maximum atomic E-state index is 11.3. The maximum absolute atomic E-state index is 11.3. The van der Waals surface area contributed by atoms with E-state index in [0.29, 0.717) is 11.6 Å². The summed E-state index contributed by atoms with van der Waals surface area (Å²) in [5.41, 5.74) is 0.425. The van der Waals surface area contributed by atoms with Crippen molar-refractivity contribution in [2.75, 3.05) is 31.5 Å². The molecule has 0 aromatic carbocycles. The lowest BCUT2D eigenvalue weighted by Gasteiger charge is -2.17. The molecule has 0 unspecified atom stereocenters. The number of aromatic nitrogens is 3. The quantitative estimate of drug-likeness (QED) is 0.726. The van der Waals surface area contributed by atoms with Crippen LogP contribution in [0.4, 0.5) is 5.95 Å². The number of H-pyrrole nitrogens is 1. The molecule has 2 rings (SSSR count). The number of unbranched alkanes of at least 4 members (excludes halogenated alkanes) is 1. The summed E-state index contributed by atoms with van der Waals surface area (Å²) in [6.45, 7) is 8.54. The summed E-state index contributed by atoms with van der Waals surface area (Å²) < 4.78 is 0. The van der Waals surface area contributed by atoms with Crippen molar-refractivity contribution in [2.24, 2.45) is 0 Å². The molecule has 0 bridgehead atoms. The number of nitrogens with one attached hydrogen (secondary N) is 2. The molecule has 6 heteroatoms. The van der Waals surface area contributed by atoms with Gasteiger partial charge in [-0.1, -0.05) is 13.8 Å². The zero-order valence-corrected chi connectivity index (χ0v) is 12.7. The van der Waals surface area contributed by atoms with Crippen LogP contribution in [0.1, 0.15) is 26.7 Å². The Morgan fingerprint density at radius 2 is 2.05 bits per heavy atom. The second-order valence-corrected chi connectivity index (χ2v) is 4.98. The molecule has 0 aliphatic carbocycles. The lowest BCUT2D eigenvalue weighted by atomic mass is 10.3. The highest BCUT2D eigenvalue weighted by atomic mass is 16.1. The van der Waals surface area contributed by atoms with Gasteiger partial charge in [-0.2, -0.15) is 4.98 Å². The minimum absolute atomic E-state index is 0.147. The Kier molecular flexibility index (Phi) is 5.68. The van der Waals surface area contributed by atoms with Crippen LogP contribution in [-0.2, 0) is 0 Å². The van der Waals surface area contributed by atoms with Crippen LogP contribution in [-0.4, -0.2) is 46.0 Å². The van der Waals surface area contributed by atoms with Crippen LogP contribution >= 0.6 is 0 Å². The number of pyridine rings is 1. The molecule has 0 aliphatic heterocycles. The topological polar surface area (TPSA) is 73.9 Å². The van der Waals surface area contributed by atoms with E-state index in [1.807, 2.05) is 0 Å². The van der Waals surface area contributed by atoms with E-state index < -0.39 is 0 Å². The normalized spacial score (nSPS) is 11.2. The van der Waals surface area contributed by atoms with Gasteiger partial charge in [0, 0.05) is 24.2 Å². The molecule has 2 aromatic rings. The average Bonchev–Trinajstić information content (AvgIpc) is 2.50. The first kappa shape index (κ1) is 15.4. The Bertz CT molecular complexity index is 621. The van der Waals surface area contributed by atoms with Gasteiger partial charge in [0.05, 0.1) is 0 Å². The summed E-state index contributed by atoms with van der Waals surface area (Å²) in [7, 11) is 0. The molecule has 114 valence electrons. The molecular weight excluding hydrogens is 266 g/mol. The predicted octanol–water partition coefficient (Wildman–Crippen LogP) is 1.85. The smallest absolute Gasteiger partial charge is 0.249 e. The second-order valence-electron chi connectivity index (χ2n) is 4.98. The van der Waals surface area contributed by atoms with Gasteiger partial charge in [0.2, 0.25) is 11.5 Å². The first-order chi connectivity index (χ1) is 10.2. The molecule has 0 radical (unpaired) electrons. The summed E-state index contributed by atoms with van der Waals surface area (Å²) in [6, 6.07) is 3.20. The van der Waals surface area contributed by atoms with Crippen molar-refractivity contribution < 1.29 is 0 Å². The Morgan fingerprint density at radius 3 is 2.81 bits per heavy atom. The number of nitrogens with zero attached hydrogens (tertiary/aromatic N) is 3. The fourth-order valence-corrected chi connectivity index (χ4v) is 2.22. The minimum Gasteiger partial charge on any atom is -0.354 e. The van der Waals surface area contributed by atoms with Crippen LogP contribution in [0.15, 0.2) is 23.1 Å². The summed E-state index contributed by atoms with van der Waals surface area (Å²) in [4.78, 5) is 25.0. The van der Waals surface area contributed by atoms with Crippen LogP contribution in [0.25, 0.3) is 11.0 Å². The molecule has 0 spiro atoms. The summed E-state index contributed by atoms with van der Waals surface area (Å²) in [5.74, 6) is 0.562. The summed E-state index contributed by atoms with van der Waals surface area (Å²) in [6.07, 6.45) is 3.94. The van der Waals surface area contributed by atoms with Crippen molar-refractivity contribution in [3.05, 3.63) is 28.7 Å². The molecule has 0 saturated heterocycles. The molecule has 0 fully saturated rings. The predicted molar refractivity (Wildman–Crippen MR) is 85.7 cm³/mol. The van der Waals surface area contributed by atoms with Gasteiger partial charge in [0.15, 0.2) is 0 Å². The lowest BCUT2D eigenvalue weighted by Crippen LogP contribution is -2.24. The van der Waals surface area contributed by atoms with Crippen molar-refractivity contribution in [1.29, 1.82) is 0 Å². The fourth-order valence-electron chi connectivity index (χ4n) is 2.22. The van der Waals surface area contributed by atoms with Crippen LogP contribution in [0.3, 0.4) is 0 Å². The van der Waals surface area contributed by atoms with Gasteiger partial charge in [-0.3, -0.25) is 4.79 Å². The van der Waals surface area contributed by atoms with Gasteiger partial charge in [-0.25, -0.2) is 4.98 Å². The Morgan fingerprint density at radius 1 is 1.24 bits per heavy atom. The third-order valence-corrected chi connectivity index (χ3v) is 3.55. The van der Waals surface area contributed by atoms with Crippen molar-refractivity contribution in [3.8, 4) is 0 Å². The van der Waals surface area contributed by atoms with Gasteiger partial charge < -0.3 is 15.2 Å². The molecule has 0 aliphatic rings. The lowest BCUT2D eigenvalue weighted by molar-refractivity contribution is 0.298. The van der Waals surface area contributed by atoms with Gasteiger partial charge >= 0.3 is 0 Å². The third-order valence-electron chi connectivity index (χ3n) is 3.55. The number of hydrogen-bond donors (Lipinski definition) is 2. The van der Waals surface area contributed by atoms with Crippen molar-refractivity contribution >= 4 is 17.0 Å². The van der Waals surface area contributed by atoms with E-state index in [9.17, 15) is 4.79 Å². The van der Waals surface area contributed by atoms with Crippen LogP contribution < -0.4 is 10.9 Å². The third kappa shape index (κ3) is 4.53. The Hall–Kier alpha value is -1.95. The zero-order chi connectivity index (χ0) is 15.1. The van der Waals surface area contributed by atoms with Crippen molar-refractivity contribution in [2.45, 2.75) is 26.7 Å². The number of anilines is 1. The molecule has 0 saturated carbocycles. The molecule has 21 heavy (non-hydrogen) atoms. The molecule has 0 atom stereocenters. The van der Waals surface area contributed by atoms with Gasteiger partial charge in [-0.05, 0) is 38.5 Å². The van der Waals surface area contributed by atoms with E-state index >= 15 is 0 Å². The monoisotopic (exact) mass is 289 g/mol. The van der Waals surface area contributed by atoms with E-state index in [0.717, 1.165) is 44.4 Å². The number of rotatable bonds is 8. The highest BCUT2D eigenvalue weighted by Crippen LogP contribution is 2.07. The summed E-state index contributed by atoms with van der Waals surface area (Å²) in [5, 5.41) is 4.04. The molecule has 0 amide bonds. The minimum atomic E-state index is -0.147. The average molecular weight is 289 g/mol. The van der Waals surface area contributed by atoms with E-state index in [1.165, 1.54) is 6.07 Å². The first-order valence-corrected chi connectivity index (χ1v) is 7.55. The Labute approximate surface area is 124 Å². The number of fused-ring (bicyclic) bond motifs is 1. The van der Waals surface area contributed by atoms with E-state index in [4.69, 9.17) is 0 Å². The highest BCUT2D eigenvalue weighted by molar-refractivity contribution is 5.74. The highest BCUT2D eigenvalue weighted by Gasteiger charge is 2.01. The molecule has 2 heterocycles.